The van der Waals surface area contributed by atoms with Gasteiger partial charge in [-0.15, -0.1) is 0 Å². The van der Waals surface area contributed by atoms with Crippen molar-refractivity contribution in [3.05, 3.63) is 46.0 Å². The maximum atomic E-state index is 5.94. The summed E-state index contributed by atoms with van der Waals surface area (Å²) in [6.07, 6.45) is 1.69. The highest BCUT2D eigenvalue weighted by Gasteiger charge is 2.20. The number of halogens is 2. The highest BCUT2D eigenvalue weighted by atomic mass is 79.9. The fraction of sp³-hybridized carbons (Fsp3) is 0.267. The van der Waals surface area contributed by atoms with Crippen LogP contribution >= 0.6 is 27.5 Å². The highest BCUT2D eigenvalue weighted by Crippen LogP contribution is 2.28. The molecule has 1 aliphatic heterocycles. The van der Waals surface area contributed by atoms with Crippen molar-refractivity contribution in [1.29, 1.82) is 0 Å². The molecule has 0 radical (unpaired) electrons. The Morgan fingerprint density at radius 3 is 2.29 bits per heavy atom. The van der Waals surface area contributed by atoms with E-state index in [-0.39, 0.29) is 0 Å². The van der Waals surface area contributed by atoms with E-state index in [0.29, 0.717) is 5.02 Å². The van der Waals surface area contributed by atoms with E-state index in [0.717, 1.165) is 42.2 Å². The van der Waals surface area contributed by atoms with Gasteiger partial charge in [-0.25, -0.2) is 4.98 Å². The third-order valence-electron chi connectivity index (χ3n) is 3.63. The Bertz CT molecular complexity index is 624. The molecule has 3 rings (SSSR count). The van der Waals surface area contributed by atoms with E-state index in [1.807, 2.05) is 18.2 Å². The summed E-state index contributed by atoms with van der Waals surface area (Å²) < 4.78 is 0.941. The van der Waals surface area contributed by atoms with Crippen LogP contribution < -0.4 is 15.5 Å². The Balaban J connectivity index is 1.68. The smallest absolute Gasteiger partial charge is 0.143 e. The summed E-state index contributed by atoms with van der Waals surface area (Å²) in [7, 11) is 0. The summed E-state index contributed by atoms with van der Waals surface area (Å²) in [5.41, 5.74) is 7.74. The molecule has 1 aliphatic rings. The number of nitrogens with two attached hydrogens (primary N) is 1. The average molecular weight is 368 g/mol. The lowest BCUT2D eigenvalue weighted by molar-refractivity contribution is 0.646. The Morgan fingerprint density at radius 1 is 1.05 bits per heavy atom. The Labute approximate surface area is 137 Å². The van der Waals surface area contributed by atoms with Crippen LogP contribution in [0.3, 0.4) is 0 Å². The van der Waals surface area contributed by atoms with Gasteiger partial charge in [0.25, 0.3) is 0 Å². The normalized spacial score (nSPS) is 15.3. The fourth-order valence-corrected chi connectivity index (χ4v) is 3.39. The van der Waals surface area contributed by atoms with Gasteiger partial charge in [0.2, 0.25) is 0 Å². The van der Waals surface area contributed by atoms with Crippen LogP contribution in [0.4, 0.5) is 17.2 Å². The maximum absolute atomic E-state index is 5.94. The van der Waals surface area contributed by atoms with Crippen LogP contribution in [-0.4, -0.2) is 31.2 Å². The number of pyridine rings is 1. The van der Waals surface area contributed by atoms with E-state index < -0.39 is 0 Å². The van der Waals surface area contributed by atoms with Crippen molar-refractivity contribution in [2.75, 3.05) is 41.7 Å². The monoisotopic (exact) mass is 366 g/mol. The molecule has 0 amide bonds. The molecule has 110 valence electrons. The second-order valence-corrected chi connectivity index (χ2v) is 6.32. The second-order valence-electron chi connectivity index (χ2n) is 5.02. The van der Waals surface area contributed by atoms with Crippen molar-refractivity contribution in [2.45, 2.75) is 0 Å². The van der Waals surface area contributed by atoms with Crippen molar-refractivity contribution >= 4 is 44.7 Å². The molecule has 0 atom stereocenters. The summed E-state index contributed by atoms with van der Waals surface area (Å²) in [6.45, 7) is 3.77. The number of hydrogen-bond acceptors (Lipinski definition) is 4. The average Bonchev–Trinajstić information content (AvgIpc) is 2.48. The van der Waals surface area contributed by atoms with Crippen LogP contribution in [0.2, 0.25) is 5.02 Å². The minimum absolute atomic E-state index is 0.645. The first-order valence-electron chi connectivity index (χ1n) is 6.80. The molecular weight excluding hydrogens is 352 g/mol. The van der Waals surface area contributed by atoms with Gasteiger partial charge in [0.1, 0.15) is 5.82 Å². The summed E-state index contributed by atoms with van der Waals surface area (Å²) in [5.74, 6) is 0.955. The molecule has 0 aliphatic carbocycles. The van der Waals surface area contributed by atoms with Gasteiger partial charge in [-0.2, -0.15) is 0 Å². The van der Waals surface area contributed by atoms with Gasteiger partial charge in [0, 0.05) is 43.8 Å². The molecule has 1 saturated heterocycles. The third kappa shape index (κ3) is 3.24. The standard InChI is InChI=1S/C15H16BrClN4/c16-14-9-11(17)10-19-15(14)21-7-5-20(6-8-21)13-3-1-12(18)2-4-13/h1-4,9-10H,5-8,18H2. The van der Waals surface area contributed by atoms with Gasteiger partial charge in [-0.1, -0.05) is 11.6 Å². The van der Waals surface area contributed by atoms with Crippen LogP contribution in [0.15, 0.2) is 41.0 Å². The first-order valence-corrected chi connectivity index (χ1v) is 7.97. The number of aromatic nitrogens is 1. The van der Waals surface area contributed by atoms with Gasteiger partial charge in [0.15, 0.2) is 0 Å². The maximum Gasteiger partial charge on any atom is 0.143 e. The van der Waals surface area contributed by atoms with Crippen molar-refractivity contribution in [1.82, 2.24) is 4.98 Å². The SMILES string of the molecule is Nc1ccc(N2CCN(c3ncc(Cl)cc3Br)CC2)cc1. The predicted octanol–water partition coefficient (Wildman–Crippen LogP) is 3.41. The lowest BCUT2D eigenvalue weighted by Crippen LogP contribution is -2.47. The van der Waals surface area contributed by atoms with Crippen molar-refractivity contribution in [2.24, 2.45) is 0 Å². The summed E-state index contributed by atoms with van der Waals surface area (Å²) in [6, 6.07) is 9.91. The van der Waals surface area contributed by atoms with E-state index in [1.165, 1.54) is 5.69 Å². The minimum Gasteiger partial charge on any atom is -0.399 e. The summed E-state index contributed by atoms with van der Waals surface area (Å²) in [4.78, 5) is 9.06. The molecule has 2 N–H and O–H groups in total. The zero-order valence-electron chi connectivity index (χ0n) is 11.5. The molecule has 1 aromatic carbocycles. The second kappa shape index (κ2) is 6.12. The number of hydrogen-bond donors (Lipinski definition) is 1. The first kappa shape index (κ1) is 14.5. The number of benzene rings is 1. The molecule has 4 nitrogen and oxygen atoms in total. The quantitative estimate of drug-likeness (QED) is 0.826. The van der Waals surface area contributed by atoms with Crippen LogP contribution in [-0.2, 0) is 0 Å². The molecule has 1 aromatic heterocycles. The van der Waals surface area contributed by atoms with E-state index in [2.05, 4.69) is 42.8 Å². The molecule has 2 heterocycles. The Hall–Kier alpha value is -1.46. The summed E-state index contributed by atoms with van der Waals surface area (Å²) in [5, 5.41) is 0.645. The number of anilines is 3. The zero-order valence-corrected chi connectivity index (χ0v) is 13.8. The number of piperazine rings is 1. The van der Waals surface area contributed by atoms with E-state index in [1.54, 1.807) is 6.20 Å². The van der Waals surface area contributed by atoms with Crippen LogP contribution in [0.5, 0.6) is 0 Å². The molecule has 21 heavy (non-hydrogen) atoms. The molecule has 0 unspecified atom stereocenters. The lowest BCUT2D eigenvalue weighted by Gasteiger charge is -2.37. The van der Waals surface area contributed by atoms with Crippen molar-refractivity contribution in [3.63, 3.8) is 0 Å². The number of nitrogens with zero attached hydrogens (tertiary/aromatic N) is 3. The molecule has 6 heteroatoms. The van der Waals surface area contributed by atoms with E-state index in [4.69, 9.17) is 17.3 Å². The zero-order chi connectivity index (χ0) is 14.8. The Morgan fingerprint density at radius 2 is 1.67 bits per heavy atom. The van der Waals surface area contributed by atoms with Crippen molar-refractivity contribution in [3.8, 4) is 0 Å². The molecule has 0 saturated carbocycles. The minimum atomic E-state index is 0.645. The van der Waals surface area contributed by atoms with Crippen LogP contribution in [0.1, 0.15) is 0 Å². The van der Waals surface area contributed by atoms with Gasteiger partial charge in [-0.05, 0) is 46.3 Å². The molecule has 1 fully saturated rings. The third-order valence-corrected chi connectivity index (χ3v) is 4.42. The molecular formula is C15H16BrClN4. The number of nitrogen functional groups attached to an aromatic ring is 1. The van der Waals surface area contributed by atoms with Gasteiger partial charge in [0.05, 0.1) is 9.50 Å². The fourth-order valence-electron chi connectivity index (χ4n) is 2.50. The van der Waals surface area contributed by atoms with E-state index >= 15 is 0 Å². The predicted molar refractivity (Wildman–Crippen MR) is 92.2 cm³/mol. The summed E-state index contributed by atoms with van der Waals surface area (Å²) >= 11 is 9.48. The van der Waals surface area contributed by atoms with Crippen molar-refractivity contribution < 1.29 is 0 Å². The Kier molecular flexibility index (Phi) is 4.22. The largest absolute Gasteiger partial charge is 0.399 e. The van der Waals surface area contributed by atoms with E-state index in [9.17, 15) is 0 Å². The van der Waals surface area contributed by atoms with Crippen LogP contribution in [0.25, 0.3) is 0 Å². The van der Waals surface area contributed by atoms with Gasteiger partial charge >= 0.3 is 0 Å². The van der Waals surface area contributed by atoms with Gasteiger partial charge in [-0.3, -0.25) is 0 Å². The molecule has 0 bridgehead atoms. The first-order chi connectivity index (χ1) is 10.1. The topological polar surface area (TPSA) is 45.4 Å². The highest BCUT2D eigenvalue weighted by molar-refractivity contribution is 9.10. The lowest BCUT2D eigenvalue weighted by atomic mass is 10.2. The number of rotatable bonds is 2. The van der Waals surface area contributed by atoms with Crippen LogP contribution in [0, 0.1) is 0 Å². The molecule has 2 aromatic rings. The molecule has 0 spiro atoms. The van der Waals surface area contributed by atoms with Gasteiger partial charge < -0.3 is 15.5 Å².